The quantitative estimate of drug-likeness (QED) is 0.795. The molecule has 0 unspecified atom stereocenters. The first-order valence-electron chi connectivity index (χ1n) is 6.83. The maximum Gasteiger partial charge on any atom is 0.329 e. The van der Waals surface area contributed by atoms with Gasteiger partial charge in [0.1, 0.15) is 0 Å². The molecule has 0 bridgehead atoms. The van der Waals surface area contributed by atoms with E-state index in [2.05, 4.69) is 13.8 Å². The number of imidazole rings is 1. The summed E-state index contributed by atoms with van der Waals surface area (Å²) in [6, 6.07) is 8.06. The van der Waals surface area contributed by atoms with Crippen molar-refractivity contribution in [3.05, 3.63) is 34.7 Å². The average molecular weight is 246 g/mol. The van der Waals surface area contributed by atoms with E-state index in [0.29, 0.717) is 5.92 Å². The molecule has 18 heavy (non-hydrogen) atoms. The highest BCUT2D eigenvalue weighted by Crippen LogP contribution is 2.14. The number of nitrogens with zero attached hydrogens (tertiary/aromatic N) is 2. The second kappa shape index (κ2) is 5.42. The van der Waals surface area contributed by atoms with Gasteiger partial charge in [0.15, 0.2) is 0 Å². The summed E-state index contributed by atoms with van der Waals surface area (Å²) in [7, 11) is 0. The maximum absolute atomic E-state index is 12.3. The van der Waals surface area contributed by atoms with Crippen LogP contribution < -0.4 is 5.69 Å². The number of para-hydroxylation sites is 2. The van der Waals surface area contributed by atoms with Gasteiger partial charge in [-0.3, -0.25) is 9.13 Å². The average Bonchev–Trinajstić information content (AvgIpc) is 2.62. The predicted octanol–water partition coefficient (Wildman–Crippen LogP) is 3.26. The van der Waals surface area contributed by atoms with Crippen molar-refractivity contribution in [1.29, 1.82) is 0 Å². The molecule has 0 radical (unpaired) electrons. The maximum atomic E-state index is 12.3. The zero-order chi connectivity index (χ0) is 13.1. The predicted molar refractivity (Wildman–Crippen MR) is 75.9 cm³/mol. The zero-order valence-electron chi connectivity index (χ0n) is 11.5. The van der Waals surface area contributed by atoms with E-state index in [4.69, 9.17) is 0 Å². The Morgan fingerprint density at radius 2 is 1.72 bits per heavy atom. The Bertz CT molecular complexity index is 578. The van der Waals surface area contributed by atoms with E-state index in [-0.39, 0.29) is 5.69 Å². The molecule has 1 aromatic carbocycles. The van der Waals surface area contributed by atoms with Gasteiger partial charge in [0.25, 0.3) is 0 Å². The third-order valence-electron chi connectivity index (χ3n) is 3.40. The van der Waals surface area contributed by atoms with E-state index in [1.54, 1.807) is 0 Å². The smallest absolute Gasteiger partial charge is 0.292 e. The highest BCUT2D eigenvalue weighted by molar-refractivity contribution is 5.75. The lowest BCUT2D eigenvalue weighted by Crippen LogP contribution is -2.24. The fourth-order valence-corrected chi connectivity index (χ4v) is 2.45. The number of benzene rings is 1. The Labute approximate surface area is 108 Å². The van der Waals surface area contributed by atoms with Crippen LogP contribution in [-0.4, -0.2) is 9.13 Å². The van der Waals surface area contributed by atoms with Crippen molar-refractivity contribution in [1.82, 2.24) is 9.13 Å². The largest absolute Gasteiger partial charge is 0.329 e. The van der Waals surface area contributed by atoms with Crippen molar-refractivity contribution in [3.8, 4) is 0 Å². The first-order chi connectivity index (χ1) is 8.65. The van der Waals surface area contributed by atoms with Crippen LogP contribution in [0.3, 0.4) is 0 Å². The zero-order valence-corrected chi connectivity index (χ0v) is 11.5. The third-order valence-corrected chi connectivity index (χ3v) is 3.40. The summed E-state index contributed by atoms with van der Waals surface area (Å²) in [5.74, 6) is 0.695. The van der Waals surface area contributed by atoms with E-state index in [9.17, 15) is 4.79 Å². The number of fused-ring (bicyclic) bond motifs is 1. The van der Waals surface area contributed by atoms with Gasteiger partial charge in [-0.05, 0) is 37.8 Å². The lowest BCUT2D eigenvalue weighted by atomic mass is 10.1. The summed E-state index contributed by atoms with van der Waals surface area (Å²) in [6.45, 7) is 8.02. The van der Waals surface area contributed by atoms with Crippen LogP contribution in [0.25, 0.3) is 11.0 Å². The molecular weight excluding hydrogens is 224 g/mol. The van der Waals surface area contributed by atoms with Crippen molar-refractivity contribution in [2.24, 2.45) is 5.92 Å². The van der Waals surface area contributed by atoms with Crippen LogP contribution in [0.5, 0.6) is 0 Å². The first-order valence-corrected chi connectivity index (χ1v) is 6.83. The van der Waals surface area contributed by atoms with Crippen LogP contribution in [0.15, 0.2) is 29.1 Å². The van der Waals surface area contributed by atoms with Crippen LogP contribution in [0.4, 0.5) is 0 Å². The van der Waals surface area contributed by atoms with E-state index >= 15 is 0 Å². The molecular formula is C15H22N2O. The van der Waals surface area contributed by atoms with Gasteiger partial charge in [0.05, 0.1) is 11.0 Å². The highest BCUT2D eigenvalue weighted by Gasteiger charge is 2.10. The molecule has 0 aliphatic heterocycles. The normalized spacial score (nSPS) is 11.6. The minimum atomic E-state index is 0.127. The molecule has 0 aliphatic rings. The number of hydrogen-bond acceptors (Lipinski definition) is 1. The van der Waals surface area contributed by atoms with Crippen LogP contribution in [0.1, 0.15) is 33.6 Å². The van der Waals surface area contributed by atoms with E-state index in [1.807, 2.05) is 40.3 Å². The highest BCUT2D eigenvalue weighted by atomic mass is 16.1. The van der Waals surface area contributed by atoms with Gasteiger partial charge in [0.2, 0.25) is 0 Å². The molecule has 1 aromatic heterocycles. The topological polar surface area (TPSA) is 26.9 Å². The summed E-state index contributed by atoms with van der Waals surface area (Å²) in [5.41, 5.74) is 2.24. The molecule has 3 nitrogen and oxygen atoms in total. The summed E-state index contributed by atoms with van der Waals surface area (Å²) < 4.78 is 3.77. The molecule has 3 heteroatoms. The molecule has 0 saturated carbocycles. The molecule has 0 amide bonds. The van der Waals surface area contributed by atoms with Gasteiger partial charge >= 0.3 is 5.69 Å². The molecule has 0 spiro atoms. The molecule has 0 fully saturated rings. The van der Waals surface area contributed by atoms with Crippen molar-refractivity contribution >= 4 is 11.0 Å². The summed E-state index contributed by atoms with van der Waals surface area (Å²) in [5, 5.41) is 0. The molecule has 0 atom stereocenters. The lowest BCUT2D eigenvalue weighted by Gasteiger charge is -2.05. The number of aryl methyl sites for hydroxylation is 2. The molecule has 0 aliphatic carbocycles. The summed E-state index contributed by atoms with van der Waals surface area (Å²) in [6.07, 6.45) is 2.23. The van der Waals surface area contributed by atoms with Crippen molar-refractivity contribution in [3.63, 3.8) is 0 Å². The van der Waals surface area contributed by atoms with Crippen molar-refractivity contribution in [2.75, 3.05) is 0 Å². The first kappa shape index (κ1) is 12.9. The van der Waals surface area contributed by atoms with Crippen LogP contribution >= 0.6 is 0 Å². The fraction of sp³-hybridized carbons (Fsp3) is 0.533. The Morgan fingerprint density at radius 3 is 2.28 bits per heavy atom. The molecule has 98 valence electrons. The van der Waals surface area contributed by atoms with Gasteiger partial charge in [-0.15, -0.1) is 0 Å². The fourth-order valence-electron chi connectivity index (χ4n) is 2.45. The molecule has 0 N–H and O–H groups in total. The Hall–Kier alpha value is -1.51. The van der Waals surface area contributed by atoms with Gasteiger partial charge in [-0.1, -0.05) is 26.0 Å². The number of aromatic nitrogens is 2. The van der Waals surface area contributed by atoms with Gasteiger partial charge in [-0.25, -0.2) is 4.79 Å². The SMILES string of the molecule is CCn1c(=O)n(CCCC(C)C)c2ccccc21. The minimum absolute atomic E-state index is 0.127. The molecule has 2 aromatic rings. The summed E-state index contributed by atoms with van der Waals surface area (Å²) in [4.78, 5) is 12.3. The van der Waals surface area contributed by atoms with Gasteiger partial charge < -0.3 is 0 Å². The van der Waals surface area contributed by atoms with E-state index < -0.39 is 0 Å². The van der Waals surface area contributed by atoms with Crippen LogP contribution in [0.2, 0.25) is 0 Å². The Kier molecular flexibility index (Phi) is 3.90. The molecule has 2 rings (SSSR count). The van der Waals surface area contributed by atoms with Crippen molar-refractivity contribution < 1.29 is 0 Å². The van der Waals surface area contributed by atoms with E-state index in [1.165, 1.54) is 0 Å². The van der Waals surface area contributed by atoms with Gasteiger partial charge in [-0.2, -0.15) is 0 Å². The van der Waals surface area contributed by atoms with Crippen LogP contribution in [0, 0.1) is 5.92 Å². The van der Waals surface area contributed by atoms with Crippen molar-refractivity contribution in [2.45, 2.75) is 46.7 Å². The Balaban J connectivity index is 2.37. The minimum Gasteiger partial charge on any atom is -0.292 e. The summed E-state index contributed by atoms with van der Waals surface area (Å²) >= 11 is 0. The van der Waals surface area contributed by atoms with Gasteiger partial charge in [0, 0.05) is 13.1 Å². The number of hydrogen-bond donors (Lipinski definition) is 0. The Morgan fingerprint density at radius 1 is 1.11 bits per heavy atom. The number of rotatable bonds is 5. The standard InChI is InChI=1S/C15H22N2O/c1-4-16-13-9-5-6-10-14(13)17(15(16)18)11-7-8-12(2)3/h5-6,9-10,12H,4,7-8,11H2,1-3H3. The van der Waals surface area contributed by atoms with E-state index in [0.717, 1.165) is 37.0 Å². The van der Waals surface area contributed by atoms with Crippen LogP contribution in [-0.2, 0) is 13.1 Å². The lowest BCUT2D eigenvalue weighted by molar-refractivity contribution is 0.506. The third kappa shape index (κ3) is 2.35. The molecule has 1 heterocycles. The second-order valence-corrected chi connectivity index (χ2v) is 5.20. The molecule has 0 saturated heterocycles. The monoisotopic (exact) mass is 246 g/mol. The second-order valence-electron chi connectivity index (χ2n) is 5.20.